The molecule has 3 rings (SSSR count). The first-order valence-electron chi connectivity index (χ1n) is 11.4. The van der Waals surface area contributed by atoms with E-state index in [2.05, 4.69) is 10.6 Å². The average Bonchev–Trinajstić information content (AvgIpc) is 3.13. The molecule has 0 bridgehead atoms. The highest BCUT2D eigenvalue weighted by Gasteiger charge is 2.29. The number of nitrogens with one attached hydrogen (secondary N) is 2. The topological polar surface area (TPSA) is 125 Å². The van der Waals surface area contributed by atoms with Gasteiger partial charge < -0.3 is 20.5 Å². The summed E-state index contributed by atoms with van der Waals surface area (Å²) in [6.45, 7) is 1.53. The Morgan fingerprint density at radius 2 is 1.56 bits per heavy atom. The first-order chi connectivity index (χ1) is 16.3. The zero-order valence-electron chi connectivity index (χ0n) is 19.2. The number of phenolic OH excluding ortho intramolecular Hbond substituents is 1. The molecule has 1 aliphatic rings. The van der Waals surface area contributed by atoms with E-state index in [4.69, 9.17) is 4.74 Å². The molecule has 2 aromatic rings. The van der Waals surface area contributed by atoms with Crippen molar-refractivity contribution in [2.24, 2.45) is 0 Å². The number of ether oxygens (including phenoxy) is 1. The van der Waals surface area contributed by atoms with E-state index in [1.54, 1.807) is 12.1 Å². The molecule has 0 radical (unpaired) electrons. The second kappa shape index (κ2) is 11.8. The Balaban J connectivity index is 1.58. The predicted octanol–water partition coefficient (Wildman–Crippen LogP) is 2.52. The third-order valence-electron chi connectivity index (χ3n) is 5.64. The van der Waals surface area contributed by atoms with Crippen molar-refractivity contribution in [2.75, 3.05) is 33.3 Å². The number of carbonyl (C=O) groups excluding carboxylic acids is 2. The van der Waals surface area contributed by atoms with E-state index in [0.717, 1.165) is 25.7 Å². The Morgan fingerprint density at radius 1 is 0.941 bits per heavy atom. The van der Waals surface area contributed by atoms with Crippen molar-refractivity contribution in [3.05, 3.63) is 53.6 Å². The molecule has 184 valence electrons. The van der Waals surface area contributed by atoms with Crippen LogP contribution in [0.1, 0.15) is 52.8 Å². The number of carbonyl (C=O) groups is 2. The Labute approximate surface area is 200 Å². The summed E-state index contributed by atoms with van der Waals surface area (Å²) >= 11 is 0. The van der Waals surface area contributed by atoms with Crippen molar-refractivity contribution in [3.63, 3.8) is 0 Å². The number of sulfonamides is 1. The van der Waals surface area contributed by atoms with Gasteiger partial charge >= 0.3 is 0 Å². The number of benzene rings is 2. The highest BCUT2D eigenvalue weighted by Crippen LogP contribution is 2.29. The molecule has 34 heavy (non-hydrogen) atoms. The lowest BCUT2D eigenvalue weighted by molar-refractivity contribution is 0.0951. The largest absolute Gasteiger partial charge is 0.508 e. The van der Waals surface area contributed by atoms with Gasteiger partial charge in [-0.15, -0.1) is 0 Å². The van der Waals surface area contributed by atoms with Gasteiger partial charge in [-0.1, -0.05) is 18.9 Å². The predicted molar refractivity (Wildman–Crippen MR) is 128 cm³/mol. The van der Waals surface area contributed by atoms with Gasteiger partial charge in [0.2, 0.25) is 10.0 Å². The third kappa shape index (κ3) is 6.48. The highest BCUT2D eigenvalue weighted by molar-refractivity contribution is 7.89. The van der Waals surface area contributed by atoms with Crippen LogP contribution < -0.4 is 15.4 Å². The molecule has 9 nitrogen and oxygen atoms in total. The van der Waals surface area contributed by atoms with E-state index in [1.165, 1.54) is 41.7 Å². The van der Waals surface area contributed by atoms with Crippen LogP contribution in [0.25, 0.3) is 0 Å². The summed E-state index contributed by atoms with van der Waals surface area (Å²) < 4.78 is 33.2. The zero-order valence-corrected chi connectivity index (χ0v) is 20.1. The van der Waals surface area contributed by atoms with Crippen molar-refractivity contribution in [2.45, 2.75) is 37.0 Å². The Hall–Kier alpha value is -3.11. The van der Waals surface area contributed by atoms with Crippen LogP contribution in [0, 0.1) is 0 Å². The van der Waals surface area contributed by atoms with Crippen LogP contribution >= 0.6 is 0 Å². The first kappa shape index (κ1) is 25.5. The molecule has 3 N–H and O–H groups in total. The van der Waals surface area contributed by atoms with Crippen LogP contribution in [0.15, 0.2) is 47.4 Å². The quantitative estimate of drug-likeness (QED) is 0.465. The molecular weight excluding hydrogens is 458 g/mol. The van der Waals surface area contributed by atoms with E-state index in [9.17, 15) is 23.1 Å². The number of aromatic hydroxyl groups is 1. The number of phenols is 1. The van der Waals surface area contributed by atoms with E-state index < -0.39 is 15.9 Å². The molecular formula is C24H31N3O6S. The SMILES string of the molecule is COc1ccc(C(=O)NCCCNC(=O)c2cccc(O)c2)cc1S(=O)(=O)N1CCCCCC1. The van der Waals surface area contributed by atoms with E-state index >= 15 is 0 Å². The number of hydrogen-bond acceptors (Lipinski definition) is 6. The maximum Gasteiger partial charge on any atom is 0.251 e. The summed E-state index contributed by atoms with van der Waals surface area (Å²) in [7, 11) is -2.38. The second-order valence-corrected chi connectivity index (χ2v) is 10.0. The van der Waals surface area contributed by atoms with E-state index in [0.29, 0.717) is 38.2 Å². The van der Waals surface area contributed by atoms with Crippen LogP contribution in [0.2, 0.25) is 0 Å². The number of methoxy groups -OCH3 is 1. The fourth-order valence-electron chi connectivity index (χ4n) is 3.78. The minimum absolute atomic E-state index is 0.0108. The lowest BCUT2D eigenvalue weighted by Crippen LogP contribution is -2.33. The monoisotopic (exact) mass is 489 g/mol. The van der Waals surface area contributed by atoms with Crippen LogP contribution in [0.5, 0.6) is 11.5 Å². The smallest absolute Gasteiger partial charge is 0.251 e. The summed E-state index contributed by atoms with van der Waals surface area (Å²) in [4.78, 5) is 24.7. The lowest BCUT2D eigenvalue weighted by atomic mass is 10.2. The number of amides is 2. The summed E-state index contributed by atoms with van der Waals surface area (Å²) in [5.41, 5.74) is 0.568. The van der Waals surface area contributed by atoms with Crippen LogP contribution in [0.4, 0.5) is 0 Å². The molecule has 0 aliphatic carbocycles. The van der Waals surface area contributed by atoms with Gasteiger partial charge in [-0.2, -0.15) is 4.31 Å². The number of hydrogen-bond donors (Lipinski definition) is 3. The summed E-state index contributed by atoms with van der Waals surface area (Å²) in [6, 6.07) is 10.4. The Bertz CT molecular complexity index is 1110. The van der Waals surface area contributed by atoms with Crippen molar-refractivity contribution >= 4 is 21.8 Å². The second-order valence-electron chi connectivity index (χ2n) is 8.10. The molecule has 2 amide bonds. The van der Waals surface area contributed by atoms with Crippen molar-refractivity contribution in [1.82, 2.24) is 14.9 Å². The standard InChI is InChI=1S/C24H31N3O6S/c1-33-21-11-10-19(17-22(21)34(31,32)27-14-4-2-3-5-15-27)24(30)26-13-7-12-25-23(29)18-8-6-9-20(28)16-18/h6,8-11,16-17,28H,2-5,7,12-15H2,1H3,(H,25,29)(H,26,30). The van der Waals surface area contributed by atoms with Gasteiger partial charge in [0.25, 0.3) is 11.8 Å². The molecule has 0 aromatic heterocycles. The van der Waals surface area contributed by atoms with Gasteiger partial charge in [0.15, 0.2) is 0 Å². The Kier molecular flexibility index (Phi) is 8.89. The summed E-state index contributed by atoms with van der Waals surface area (Å²) in [6.07, 6.45) is 4.10. The van der Waals surface area contributed by atoms with E-state index in [-0.39, 0.29) is 27.9 Å². The number of nitrogens with zero attached hydrogens (tertiary/aromatic N) is 1. The fourth-order valence-corrected chi connectivity index (χ4v) is 5.48. The number of rotatable bonds is 9. The average molecular weight is 490 g/mol. The molecule has 1 heterocycles. The molecule has 0 saturated carbocycles. The van der Waals surface area contributed by atoms with Crippen LogP contribution in [-0.2, 0) is 10.0 Å². The molecule has 1 saturated heterocycles. The van der Waals surface area contributed by atoms with Crippen LogP contribution in [0.3, 0.4) is 0 Å². The normalized spacial score (nSPS) is 14.7. The van der Waals surface area contributed by atoms with Gasteiger partial charge in [0.1, 0.15) is 16.4 Å². The molecule has 1 fully saturated rings. The van der Waals surface area contributed by atoms with Crippen molar-refractivity contribution in [3.8, 4) is 11.5 Å². The van der Waals surface area contributed by atoms with Gasteiger partial charge in [-0.25, -0.2) is 8.42 Å². The van der Waals surface area contributed by atoms with Gasteiger partial charge in [-0.3, -0.25) is 9.59 Å². The molecule has 0 spiro atoms. The van der Waals surface area contributed by atoms with Gasteiger partial charge in [0, 0.05) is 37.3 Å². The maximum absolute atomic E-state index is 13.3. The van der Waals surface area contributed by atoms with Gasteiger partial charge in [0.05, 0.1) is 7.11 Å². The molecule has 0 unspecified atom stereocenters. The lowest BCUT2D eigenvalue weighted by Gasteiger charge is -2.21. The van der Waals surface area contributed by atoms with Crippen LogP contribution in [-0.4, -0.2) is 62.9 Å². The third-order valence-corrected chi connectivity index (χ3v) is 7.56. The first-order valence-corrected chi connectivity index (χ1v) is 12.8. The van der Waals surface area contributed by atoms with Gasteiger partial charge in [-0.05, 0) is 55.7 Å². The van der Waals surface area contributed by atoms with E-state index in [1.807, 2.05) is 0 Å². The zero-order chi connectivity index (χ0) is 24.6. The molecule has 2 aromatic carbocycles. The highest BCUT2D eigenvalue weighted by atomic mass is 32.2. The summed E-state index contributed by atoms with van der Waals surface area (Å²) in [5, 5.41) is 14.9. The summed E-state index contributed by atoms with van der Waals surface area (Å²) in [5.74, 6) is -0.512. The fraction of sp³-hybridized carbons (Fsp3) is 0.417. The molecule has 10 heteroatoms. The minimum atomic E-state index is -3.79. The maximum atomic E-state index is 13.3. The van der Waals surface area contributed by atoms with Crippen molar-refractivity contribution in [1.29, 1.82) is 0 Å². The molecule has 1 aliphatic heterocycles. The van der Waals surface area contributed by atoms with Crippen molar-refractivity contribution < 1.29 is 27.9 Å². The Morgan fingerprint density at radius 3 is 2.15 bits per heavy atom. The molecule has 0 atom stereocenters. The minimum Gasteiger partial charge on any atom is -0.508 e.